The first-order chi connectivity index (χ1) is 10.4. The number of aromatic nitrogens is 3. The number of rotatable bonds is 6. The van der Waals surface area contributed by atoms with E-state index in [2.05, 4.69) is 26.3 Å². The second-order valence-electron chi connectivity index (χ2n) is 4.88. The van der Waals surface area contributed by atoms with E-state index in [1.165, 1.54) is 6.08 Å². The molecule has 0 spiro atoms. The summed E-state index contributed by atoms with van der Waals surface area (Å²) in [5.41, 5.74) is 2.34. The molecule has 6 nitrogen and oxygen atoms in total. The number of hydrogen-bond donors (Lipinski definition) is 1. The Balaban J connectivity index is 2.25. The van der Waals surface area contributed by atoms with Gasteiger partial charge < -0.3 is 0 Å². The highest BCUT2D eigenvalue weighted by atomic mass is 32.2. The van der Waals surface area contributed by atoms with Gasteiger partial charge in [0, 0.05) is 41.5 Å². The van der Waals surface area contributed by atoms with E-state index >= 15 is 0 Å². The van der Waals surface area contributed by atoms with Crippen molar-refractivity contribution in [2.24, 2.45) is 0 Å². The maximum Gasteiger partial charge on any atom is 0.215 e. The lowest BCUT2D eigenvalue weighted by molar-refractivity contribution is 0.568. The number of pyridine rings is 1. The lowest BCUT2D eigenvalue weighted by Crippen LogP contribution is -2.29. The van der Waals surface area contributed by atoms with Gasteiger partial charge in [0.2, 0.25) is 10.0 Å². The van der Waals surface area contributed by atoms with Gasteiger partial charge >= 0.3 is 0 Å². The molecule has 7 heteroatoms. The van der Waals surface area contributed by atoms with E-state index in [1.54, 1.807) is 25.5 Å². The summed E-state index contributed by atoms with van der Waals surface area (Å²) < 4.78 is 26.2. The van der Waals surface area contributed by atoms with Gasteiger partial charge in [-0.2, -0.15) is 0 Å². The van der Waals surface area contributed by atoms with Crippen molar-refractivity contribution in [1.29, 1.82) is 0 Å². The fraction of sp³-hybridized carbons (Fsp3) is 0.267. The first-order valence-corrected chi connectivity index (χ1v) is 8.43. The van der Waals surface area contributed by atoms with Crippen LogP contribution in [0.2, 0.25) is 0 Å². The summed E-state index contributed by atoms with van der Waals surface area (Å²) in [6, 6.07) is 3.24. The molecule has 0 bridgehead atoms. The molecule has 116 valence electrons. The van der Waals surface area contributed by atoms with E-state index in [9.17, 15) is 8.42 Å². The summed E-state index contributed by atoms with van der Waals surface area (Å²) in [5.74, 6) is 0.469. The highest BCUT2D eigenvalue weighted by Crippen LogP contribution is 2.19. The van der Waals surface area contributed by atoms with E-state index in [0.29, 0.717) is 5.82 Å². The van der Waals surface area contributed by atoms with E-state index in [-0.39, 0.29) is 5.75 Å². The van der Waals surface area contributed by atoms with Gasteiger partial charge in [-0.15, -0.1) is 6.58 Å². The molecular weight excluding hydrogens is 300 g/mol. The summed E-state index contributed by atoms with van der Waals surface area (Å²) in [6.07, 6.45) is 6.35. The lowest BCUT2D eigenvalue weighted by Gasteiger charge is -2.15. The fourth-order valence-corrected chi connectivity index (χ4v) is 3.15. The van der Waals surface area contributed by atoms with Crippen LogP contribution in [0.15, 0.2) is 43.4 Å². The van der Waals surface area contributed by atoms with Crippen LogP contribution in [0.25, 0.3) is 11.4 Å². The zero-order chi connectivity index (χ0) is 16.2. The highest BCUT2D eigenvalue weighted by Gasteiger charge is 2.17. The molecule has 2 heterocycles. The molecule has 0 amide bonds. The number of nitrogens with one attached hydrogen (secondary N) is 1. The Hall–Kier alpha value is -2.12. The van der Waals surface area contributed by atoms with Gasteiger partial charge in [0.15, 0.2) is 5.82 Å². The molecule has 0 aromatic carbocycles. The Morgan fingerprint density at radius 2 is 2.05 bits per heavy atom. The Kier molecular flexibility index (Phi) is 4.99. The number of hydrogen-bond acceptors (Lipinski definition) is 5. The quantitative estimate of drug-likeness (QED) is 0.824. The van der Waals surface area contributed by atoms with Crippen LogP contribution in [0, 0.1) is 6.92 Å². The minimum absolute atomic E-state index is 0.119. The van der Waals surface area contributed by atoms with Crippen LogP contribution in [0.4, 0.5) is 0 Å². The first kappa shape index (κ1) is 16.3. The molecule has 1 atom stereocenters. The standard InChI is InChI=1S/C15H18N4O2S/c1-4-9-22(20,21)19-12(3)14-10-17-15(18-11(14)2)13-5-7-16-8-6-13/h4-8,10,12,19H,1,9H2,2-3H3. The normalized spacial score (nSPS) is 12.8. The smallest absolute Gasteiger partial charge is 0.215 e. The average Bonchev–Trinajstić information content (AvgIpc) is 2.47. The third kappa shape index (κ3) is 3.96. The van der Waals surface area contributed by atoms with Gasteiger partial charge in [-0.25, -0.2) is 23.1 Å². The Labute approximate surface area is 130 Å². The van der Waals surface area contributed by atoms with Crippen LogP contribution < -0.4 is 4.72 Å². The van der Waals surface area contributed by atoms with Gasteiger partial charge in [-0.1, -0.05) is 6.08 Å². The minimum Gasteiger partial charge on any atom is -0.265 e. The Morgan fingerprint density at radius 3 is 2.64 bits per heavy atom. The second kappa shape index (κ2) is 6.76. The number of sulfonamides is 1. The fourth-order valence-electron chi connectivity index (χ4n) is 2.08. The zero-order valence-electron chi connectivity index (χ0n) is 12.5. The maximum absolute atomic E-state index is 11.8. The molecular formula is C15H18N4O2S. The molecule has 0 aliphatic carbocycles. The van der Waals surface area contributed by atoms with Crippen molar-refractivity contribution in [3.8, 4) is 11.4 Å². The molecule has 2 rings (SSSR count). The van der Waals surface area contributed by atoms with Gasteiger partial charge in [0.05, 0.1) is 5.75 Å². The van der Waals surface area contributed by atoms with Crippen LogP contribution >= 0.6 is 0 Å². The third-order valence-corrected chi connectivity index (χ3v) is 4.50. The lowest BCUT2D eigenvalue weighted by atomic mass is 10.1. The zero-order valence-corrected chi connectivity index (χ0v) is 13.3. The van der Waals surface area contributed by atoms with Crippen molar-refractivity contribution in [3.05, 3.63) is 54.6 Å². The van der Waals surface area contributed by atoms with Crippen LogP contribution in [-0.2, 0) is 10.0 Å². The van der Waals surface area contributed by atoms with Gasteiger partial charge in [-0.3, -0.25) is 4.98 Å². The minimum atomic E-state index is -3.39. The molecule has 22 heavy (non-hydrogen) atoms. The second-order valence-corrected chi connectivity index (χ2v) is 6.68. The molecule has 0 radical (unpaired) electrons. The average molecular weight is 318 g/mol. The first-order valence-electron chi connectivity index (χ1n) is 6.78. The predicted molar refractivity (Wildman–Crippen MR) is 85.5 cm³/mol. The largest absolute Gasteiger partial charge is 0.265 e. The topological polar surface area (TPSA) is 84.8 Å². The SMILES string of the molecule is C=CCS(=O)(=O)NC(C)c1cnc(-c2ccncc2)nc1C. The van der Waals surface area contributed by atoms with Gasteiger partial charge in [-0.05, 0) is 26.0 Å². The van der Waals surface area contributed by atoms with Crippen molar-refractivity contribution in [3.63, 3.8) is 0 Å². The molecule has 0 aliphatic rings. The molecule has 2 aromatic heterocycles. The molecule has 0 aliphatic heterocycles. The van der Waals surface area contributed by atoms with Crippen LogP contribution in [0.3, 0.4) is 0 Å². The number of nitrogens with zero attached hydrogens (tertiary/aromatic N) is 3. The van der Waals surface area contributed by atoms with Crippen molar-refractivity contribution in [1.82, 2.24) is 19.7 Å². The summed E-state index contributed by atoms with van der Waals surface area (Å²) >= 11 is 0. The van der Waals surface area contributed by atoms with Crippen LogP contribution in [0.5, 0.6) is 0 Å². The highest BCUT2D eigenvalue weighted by molar-refractivity contribution is 7.89. The van der Waals surface area contributed by atoms with E-state index in [4.69, 9.17) is 0 Å². The summed E-state index contributed by atoms with van der Waals surface area (Å²) in [7, 11) is -3.39. The maximum atomic E-state index is 11.8. The molecule has 0 saturated heterocycles. The van der Waals surface area contributed by atoms with Crippen molar-refractivity contribution >= 4 is 10.0 Å². The Bertz CT molecular complexity index is 760. The van der Waals surface area contributed by atoms with Crippen molar-refractivity contribution < 1.29 is 8.42 Å². The van der Waals surface area contributed by atoms with E-state index in [1.807, 2.05) is 19.1 Å². The van der Waals surface area contributed by atoms with Gasteiger partial charge in [0.25, 0.3) is 0 Å². The third-order valence-electron chi connectivity index (χ3n) is 3.12. The van der Waals surface area contributed by atoms with Gasteiger partial charge in [0.1, 0.15) is 0 Å². The Morgan fingerprint density at radius 1 is 1.36 bits per heavy atom. The summed E-state index contributed by atoms with van der Waals surface area (Å²) in [4.78, 5) is 12.7. The number of aryl methyl sites for hydroxylation is 1. The van der Waals surface area contributed by atoms with Crippen molar-refractivity contribution in [2.45, 2.75) is 19.9 Å². The monoisotopic (exact) mass is 318 g/mol. The summed E-state index contributed by atoms with van der Waals surface area (Å²) in [5, 5.41) is 0. The molecule has 2 aromatic rings. The molecule has 0 fully saturated rings. The van der Waals surface area contributed by atoms with Crippen molar-refractivity contribution in [2.75, 3.05) is 5.75 Å². The van der Waals surface area contributed by atoms with E-state index in [0.717, 1.165) is 16.8 Å². The van der Waals surface area contributed by atoms with E-state index < -0.39 is 16.1 Å². The predicted octanol–water partition coefficient (Wildman–Crippen LogP) is 2.01. The molecule has 0 saturated carbocycles. The van der Waals surface area contributed by atoms with Crippen LogP contribution in [-0.4, -0.2) is 29.1 Å². The molecule has 1 unspecified atom stereocenters. The summed E-state index contributed by atoms with van der Waals surface area (Å²) in [6.45, 7) is 7.04. The molecule has 1 N–H and O–H groups in total. The van der Waals surface area contributed by atoms with Crippen LogP contribution in [0.1, 0.15) is 24.2 Å².